The van der Waals surface area contributed by atoms with E-state index in [0.29, 0.717) is 27.3 Å². The molecule has 46 heavy (non-hydrogen) atoms. The van der Waals surface area contributed by atoms with Gasteiger partial charge in [-0.3, -0.25) is 0 Å². The van der Waals surface area contributed by atoms with Crippen molar-refractivity contribution in [2.75, 3.05) is 0 Å². The maximum Gasteiger partial charge on any atom is 0.207 e. The van der Waals surface area contributed by atoms with Crippen molar-refractivity contribution >= 4 is 31.8 Å². The van der Waals surface area contributed by atoms with Crippen LogP contribution in [0.1, 0.15) is 0 Å². The van der Waals surface area contributed by atoms with Crippen molar-refractivity contribution in [3.63, 3.8) is 0 Å². The number of benzene rings is 6. The van der Waals surface area contributed by atoms with E-state index >= 15 is 0 Å². The Bertz CT molecular complexity index is 2540. The Balaban J connectivity index is 1.24. The van der Waals surface area contributed by atoms with E-state index in [2.05, 4.69) is 6.07 Å². The highest BCUT2D eigenvalue weighted by atomic mass is 32.2. The number of hydrogen-bond donors (Lipinski definition) is 0. The van der Waals surface area contributed by atoms with E-state index in [1.807, 2.05) is 115 Å². The van der Waals surface area contributed by atoms with Crippen molar-refractivity contribution in [1.82, 2.24) is 15.0 Å². The molecule has 0 saturated heterocycles. The molecule has 0 saturated carbocycles. The minimum atomic E-state index is -3.54. The maximum atomic E-state index is 13.2. The Labute approximate surface area is 264 Å². The molecule has 7 heteroatoms. The summed E-state index contributed by atoms with van der Waals surface area (Å²) < 4.78 is 32.7. The zero-order chi connectivity index (χ0) is 30.8. The largest absolute Gasteiger partial charge is 0.456 e. The highest BCUT2D eigenvalue weighted by Gasteiger charge is 2.32. The lowest BCUT2D eigenvalue weighted by Crippen LogP contribution is -2.00. The molecule has 0 unspecified atom stereocenters. The zero-order valence-corrected chi connectivity index (χ0v) is 25.1. The number of hydrogen-bond acceptors (Lipinski definition) is 6. The number of fused-ring (bicyclic) bond motifs is 6. The fourth-order valence-corrected chi connectivity index (χ4v) is 7.99. The van der Waals surface area contributed by atoms with E-state index in [1.165, 1.54) is 0 Å². The molecule has 1 aliphatic heterocycles. The van der Waals surface area contributed by atoms with Crippen LogP contribution in [0.2, 0.25) is 0 Å². The molecule has 6 nitrogen and oxygen atoms in total. The summed E-state index contributed by atoms with van der Waals surface area (Å²) in [4.78, 5) is 15.5. The second-order valence-electron chi connectivity index (χ2n) is 11.2. The third-order valence-electron chi connectivity index (χ3n) is 8.50. The summed E-state index contributed by atoms with van der Waals surface area (Å²) in [5.74, 6) is 1.72. The lowest BCUT2D eigenvalue weighted by atomic mass is 9.97. The number of nitrogens with zero attached hydrogens (tertiary/aromatic N) is 3. The molecular weight excluding hydrogens is 591 g/mol. The van der Waals surface area contributed by atoms with Gasteiger partial charge in [-0.25, -0.2) is 23.4 Å². The van der Waals surface area contributed by atoms with Crippen molar-refractivity contribution < 1.29 is 12.8 Å². The second-order valence-corrected chi connectivity index (χ2v) is 13.1. The topological polar surface area (TPSA) is 86.0 Å². The minimum Gasteiger partial charge on any atom is -0.456 e. The van der Waals surface area contributed by atoms with Crippen molar-refractivity contribution in [3.8, 4) is 56.4 Å². The molecule has 0 bridgehead atoms. The van der Waals surface area contributed by atoms with Crippen LogP contribution >= 0.6 is 0 Å². The summed E-state index contributed by atoms with van der Waals surface area (Å²) in [6.45, 7) is 0. The van der Waals surface area contributed by atoms with Gasteiger partial charge in [0, 0.05) is 38.6 Å². The Morgan fingerprint density at radius 2 is 1.02 bits per heavy atom. The lowest BCUT2D eigenvalue weighted by Gasteiger charge is -2.09. The molecule has 6 aromatic carbocycles. The van der Waals surface area contributed by atoms with Crippen LogP contribution in [0.5, 0.6) is 0 Å². The van der Waals surface area contributed by atoms with Gasteiger partial charge in [-0.1, -0.05) is 103 Å². The quantitative estimate of drug-likeness (QED) is 0.197. The monoisotopic (exact) mass is 613 g/mol. The van der Waals surface area contributed by atoms with Crippen molar-refractivity contribution in [2.45, 2.75) is 9.79 Å². The number of furan rings is 1. The predicted octanol–water partition coefficient (Wildman–Crippen LogP) is 9.25. The van der Waals surface area contributed by atoms with E-state index in [0.717, 1.165) is 60.9 Å². The molecule has 0 atom stereocenters. The van der Waals surface area contributed by atoms with Crippen LogP contribution in [-0.2, 0) is 9.84 Å². The predicted molar refractivity (Wildman–Crippen MR) is 180 cm³/mol. The summed E-state index contributed by atoms with van der Waals surface area (Å²) in [7, 11) is -3.54. The molecular formula is C39H23N3O3S. The van der Waals surface area contributed by atoms with Gasteiger partial charge in [0.25, 0.3) is 0 Å². The van der Waals surface area contributed by atoms with Gasteiger partial charge in [0.1, 0.15) is 11.2 Å². The van der Waals surface area contributed by atoms with Gasteiger partial charge in [0.15, 0.2) is 17.5 Å². The van der Waals surface area contributed by atoms with Crippen molar-refractivity contribution in [3.05, 3.63) is 140 Å². The normalized spacial score (nSPS) is 13.1. The van der Waals surface area contributed by atoms with E-state index in [-0.39, 0.29) is 0 Å². The zero-order valence-electron chi connectivity index (χ0n) is 24.3. The van der Waals surface area contributed by atoms with Gasteiger partial charge in [0.05, 0.1) is 9.79 Å². The van der Waals surface area contributed by atoms with E-state index < -0.39 is 9.84 Å². The van der Waals surface area contributed by atoms with Gasteiger partial charge < -0.3 is 4.42 Å². The molecule has 8 aromatic rings. The smallest absolute Gasteiger partial charge is 0.207 e. The summed E-state index contributed by atoms with van der Waals surface area (Å²) in [6, 6.07) is 44.5. The highest BCUT2D eigenvalue weighted by Crippen LogP contribution is 2.45. The first-order valence-corrected chi connectivity index (χ1v) is 16.3. The van der Waals surface area contributed by atoms with Gasteiger partial charge in [-0.15, -0.1) is 0 Å². The molecule has 1 aliphatic rings. The first-order valence-electron chi connectivity index (χ1n) is 14.9. The molecule has 0 N–H and O–H groups in total. The molecule has 218 valence electrons. The van der Waals surface area contributed by atoms with E-state index in [1.54, 1.807) is 18.2 Å². The number of aromatic nitrogens is 3. The standard InChI is InChI=1S/C39H23N3O3S/c43-46(44)34-17-8-7-14-28(34)30-22-27(19-21-35(30)46)26-18-20-32-31(23-26)36-29(15-9-16-33(36)45-32)39-41-37(24-10-3-1-4-11-24)40-38(42-39)25-12-5-2-6-13-25/h1-23H. The average molecular weight is 614 g/mol. The van der Waals surface area contributed by atoms with Crippen LogP contribution in [0.3, 0.4) is 0 Å². The van der Waals surface area contributed by atoms with Crippen molar-refractivity contribution in [2.24, 2.45) is 0 Å². The maximum absolute atomic E-state index is 13.2. The Morgan fingerprint density at radius 3 is 1.76 bits per heavy atom. The Kier molecular flexibility index (Phi) is 5.79. The molecule has 0 fully saturated rings. The molecule has 0 spiro atoms. The van der Waals surface area contributed by atoms with Gasteiger partial charge >= 0.3 is 0 Å². The minimum absolute atomic E-state index is 0.341. The van der Waals surface area contributed by atoms with Crippen LogP contribution in [0.4, 0.5) is 0 Å². The first-order chi connectivity index (χ1) is 22.5. The summed E-state index contributed by atoms with van der Waals surface area (Å²) >= 11 is 0. The van der Waals surface area contributed by atoms with Gasteiger partial charge in [-0.05, 0) is 47.5 Å². The first kappa shape index (κ1) is 26.5. The number of rotatable bonds is 4. The average Bonchev–Trinajstić information content (AvgIpc) is 3.60. The molecule has 0 aliphatic carbocycles. The van der Waals surface area contributed by atoms with E-state index in [4.69, 9.17) is 19.4 Å². The third-order valence-corrected chi connectivity index (χ3v) is 10.4. The van der Waals surface area contributed by atoms with Crippen LogP contribution in [-0.4, -0.2) is 23.4 Å². The summed E-state index contributed by atoms with van der Waals surface area (Å²) in [6.07, 6.45) is 0. The molecule has 0 radical (unpaired) electrons. The fraction of sp³-hybridized carbons (Fsp3) is 0. The summed E-state index contributed by atoms with van der Waals surface area (Å²) in [5.41, 5.74) is 7.40. The highest BCUT2D eigenvalue weighted by molar-refractivity contribution is 7.92. The van der Waals surface area contributed by atoms with Crippen molar-refractivity contribution in [1.29, 1.82) is 0 Å². The van der Waals surface area contributed by atoms with Crippen LogP contribution < -0.4 is 0 Å². The Hall–Kier alpha value is -5.92. The molecule has 0 amide bonds. The third kappa shape index (κ3) is 4.09. The lowest BCUT2D eigenvalue weighted by molar-refractivity contribution is 0.598. The Morgan fingerprint density at radius 1 is 0.435 bits per heavy atom. The molecule has 3 heterocycles. The molecule has 9 rings (SSSR count). The molecule has 2 aromatic heterocycles. The van der Waals surface area contributed by atoms with Gasteiger partial charge in [-0.2, -0.15) is 0 Å². The van der Waals surface area contributed by atoms with E-state index in [9.17, 15) is 8.42 Å². The van der Waals surface area contributed by atoms with Crippen LogP contribution in [0.15, 0.2) is 154 Å². The van der Waals surface area contributed by atoms with Gasteiger partial charge in [0.2, 0.25) is 9.84 Å². The SMILES string of the molecule is O=S1(=O)c2ccccc2-c2cc(-c3ccc4oc5cccc(-c6nc(-c7ccccc7)nc(-c7ccccc7)n6)c5c4c3)ccc21. The van der Waals surface area contributed by atoms with Crippen LogP contribution in [0, 0.1) is 0 Å². The second kappa shape index (κ2) is 10.1. The van der Waals surface area contributed by atoms with Crippen LogP contribution in [0.25, 0.3) is 78.4 Å². The summed E-state index contributed by atoms with van der Waals surface area (Å²) in [5, 5.41) is 1.82. The number of sulfone groups is 1. The fourth-order valence-electron chi connectivity index (χ4n) is 6.32.